The topological polar surface area (TPSA) is 90.7 Å². The molecule has 0 fully saturated rings. The summed E-state index contributed by atoms with van der Waals surface area (Å²) in [7, 11) is 1.51. The maximum atomic E-state index is 12.0. The van der Waals surface area contributed by atoms with Crippen molar-refractivity contribution in [2.75, 3.05) is 19.0 Å². The van der Waals surface area contributed by atoms with Gasteiger partial charge >= 0.3 is 0 Å². The molecule has 0 saturated heterocycles. The largest absolute Gasteiger partial charge is 0.495 e. The molecular formula is C16H15ClN2O5. The van der Waals surface area contributed by atoms with E-state index in [1.807, 2.05) is 13.0 Å². The monoisotopic (exact) mass is 350 g/mol. The molecule has 0 aliphatic rings. The number of non-ortho nitro benzene ring substituents is 1. The van der Waals surface area contributed by atoms with Crippen LogP contribution in [0.3, 0.4) is 0 Å². The van der Waals surface area contributed by atoms with Crippen molar-refractivity contribution < 1.29 is 19.2 Å². The number of carbonyl (C=O) groups is 1. The summed E-state index contributed by atoms with van der Waals surface area (Å²) in [5.74, 6) is 0.310. The zero-order chi connectivity index (χ0) is 17.7. The zero-order valence-corrected chi connectivity index (χ0v) is 13.8. The fraction of sp³-hybridized carbons (Fsp3) is 0.188. The second kappa shape index (κ2) is 7.65. The quantitative estimate of drug-likeness (QED) is 0.635. The van der Waals surface area contributed by atoms with Gasteiger partial charge in [-0.25, -0.2) is 0 Å². The van der Waals surface area contributed by atoms with Gasteiger partial charge in [0, 0.05) is 12.1 Å². The lowest BCUT2D eigenvalue weighted by molar-refractivity contribution is -0.384. The number of carbonyl (C=O) groups excluding carboxylic acids is 1. The number of rotatable bonds is 6. The van der Waals surface area contributed by atoms with Gasteiger partial charge in [-0.3, -0.25) is 14.9 Å². The van der Waals surface area contributed by atoms with E-state index in [-0.39, 0.29) is 23.1 Å². The van der Waals surface area contributed by atoms with Crippen molar-refractivity contribution in [3.63, 3.8) is 0 Å². The third kappa shape index (κ3) is 4.36. The highest BCUT2D eigenvalue weighted by Crippen LogP contribution is 2.29. The van der Waals surface area contributed by atoms with E-state index >= 15 is 0 Å². The average molecular weight is 351 g/mol. The van der Waals surface area contributed by atoms with E-state index in [4.69, 9.17) is 21.1 Å². The molecule has 0 radical (unpaired) electrons. The molecule has 0 aromatic heterocycles. The lowest BCUT2D eigenvalue weighted by Gasteiger charge is -2.12. The summed E-state index contributed by atoms with van der Waals surface area (Å²) in [5, 5.41) is 13.4. The van der Waals surface area contributed by atoms with Crippen LogP contribution in [0.5, 0.6) is 11.5 Å². The van der Waals surface area contributed by atoms with Crippen molar-refractivity contribution in [3.8, 4) is 11.5 Å². The van der Waals surface area contributed by atoms with Crippen molar-refractivity contribution >= 4 is 28.9 Å². The molecule has 0 unspecified atom stereocenters. The maximum absolute atomic E-state index is 12.0. The number of hydrogen-bond acceptors (Lipinski definition) is 5. The van der Waals surface area contributed by atoms with E-state index in [9.17, 15) is 14.9 Å². The molecular weight excluding hydrogens is 336 g/mol. The molecule has 1 N–H and O–H groups in total. The Morgan fingerprint density at radius 3 is 2.58 bits per heavy atom. The molecule has 2 rings (SSSR count). The molecule has 0 spiro atoms. The third-order valence-corrected chi connectivity index (χ3v) is 3.41. The van der Waals surface area contributed by atoms with E-state index in [1.165, 1.54) is 25.3 Å². The molecule has 2 aromatic rings. The minimum absolute atomic E-state index is 0.0603. The van der Waals surface area contributed by atoms with Crippen molar-refractivity contribution in [3.05, 3.63) is 57.1 Å². The number of nitrogens with zero attached hydrogens (tertiary/aromatic N) is 1. The van der Waals surface area contributed by atoms with Gasteiger partial charge in [0.2, 0.25) is 0 Å². The maximum Gasteiger partial charge on any atom is 0.271 e. The fourth-order valence-electron chi connectivity index (χ4n) is 1.97. The van der Waals surface area contributed by atoms with Crippen LogP contribution in [0.1, 0.15) is 5.56 Å². The normalized spacial score (nSPS) is 10.1. The SMILES string of the molecule is COc1ccc(C)cc1NC(=O)COc1ccc([N+](=O)[O-])cc1Cl. The summed E-state index contributed by atoms with van der Waals surface area (Å²) in [6, 6.07) is 9.15. The summed E-state index contributed by atoms with van der Waals surface area (Å²) in [5.41, 5.74) is 1.34. The summed E-state index contributed by atoms with van der Waals surface area (Å²) < 4.78 is 10.5. The van der Waals surface area contributed by atoms with Gasteiger partial charge in [0.25, 0.3) is 11.6 Å². The van der Waals surface area contributed by atoms with Gasteiger partial charge in [-0.05, 0) is 30.7 Å². The molecule has 1 amide bonds. The highest BCUT2D eigenvalue weighted by molar-refractivity contribution is 6.32. The minimum Gasteiger partial charge on any atom is -0.495 e. The molecule has 0 aliphatic heterocycles. The Labute approximate surface area is 143 Å². The molecule has 2 aromatic carbocycles. The van der Waals surface area contributed by atoms with Crippen LogP contribution in [0.25, 0.3) is 0 Å². The standard InChI is InChI=1S/C16H15ClN2O5/c1-10-3-5-15(23-2)13(7-10)18-16(20)9-24-14-6-4-11(19(21)22)8-12(14)17/h3-8H,9H2,1-2H3,(H,18,20). The van der Waals surface area contributed by atoms with Gasteiger partial charge in [0.15, 0.2) is 6.61 Å². The fourth-order valence-corrected chi connectivity index (χ4v) is 2.20. The van der Waals surface area contributed by atoms with Crippen molar-refractivity contribution in [1.29, 1.82) is 0 Å². The van der Waals surface area contributed by atoms with Gasteiger partial charge in [-0.15, -0.1) is 0 Å². The summed E-state index contributed by atoms with van der Waals surface area (Å²) in [6.45, 7) is 1.59. The van der Waals surface area contributed by atoms with E-state index < -0.39 is 10.8 Å². The molecule has 0 atom stereocenters. The van der Waals surface area contributed by atoms with Gasteiger partial charge in [0.05, 0.1) is 22.7 Å². The Kier molecular flexibility index (Phi) is 5.59. The number of hydrogen-bond donors (Lipinski definition) is 1. The van der Waals surface area contributed by atoms with Crippen LogP contribution in [0.4, 0.5) is 11.4 Å². The van der Waals surface area contributed by atoms with Gasteiger partial charge in [-0.2, -0.15) is 0 Å². The predicted molar refractivity (Wildman–Crippen MR) is 90.0 cm³/mol. The number of benzene rings is 2. The third-order valence-electron chi connectivity index (χ3n) is 3.11. The average Bonchev–Trinajstić information content (AvgIpc) is 2.53. The number of ether oxygens (including phenoxy) is 2. The van der Waals surface area contributed by atoms with Gasteiger partial charge < -0.3 is 14.8 Å². The lowest BCUT2D eigenvalue weighted by Crippen LogP contribution is -2.20. The molecule has 126 valence electrons. The molecule has 7 nitrogen and oxygen atoms in total. The minimum atomic E-state index is -0.563. The predicted octanol–water partition coefficient (Wildman–Crippen LogP) is 3.58. The molecule has 0 aliphatic carbocycles. The smallest absolute Gasteiger partial charge is 0.271 e. The van der Waals surface area contributed by atoms with Crippen LogP contribution in [0.2, 0.25) is 5.02 Å². The van der Waals surface area contributed by atoms with Crippen molar-refractivity contribution in [2.24, 2.45) is 0 Å². The second-order valence-electron chi connectivity index (χ2n) is 4.91. The summed E-state index contributed by atoms with van der Waals surface area (Å²) in [6.07, 6.45) is 0. The number of anilines is 1. The number of halogens is 1. The van der Waals surface area contributed by atoms with Crippen LogP contribution in [0.15, 0.2) is 36.4 Å². The highest BCUT2D eigenvalue weighted by atomic mass is 35.5. The Morgan fingerprint density at radius 2 is 1.96 bits per heavy atom. The Morgan fingerprint density at radius 1 is 1.25 bits per heavy atom. The number of aryl methyl sites for hydroxylation is 1. The lowest BCUT2D eigenvalue weighted by atomic mass is 10.2. The van der Waals surface area contributed by atoms with E-state index in [0.29, 0.717) is 11.4 Å². The number of amides is 1. The molecule has 0 saturated carbocycles. The number of methoxy groups -OCH3 is 1. The van der Waals surface area contributed by atoms with E-state index in [2.05, 4.69) is 5.32 Å². The van der Waals surface area contributed by atoms with E-state index in [1.54, 1.807) is 12.1 Å². The zero-order valence-electron chi connectivity index (χ0n) is 13.0. The highest BCUT2D eigenvalue weighted by Gasteiger charge is 2.13. The number of nitro groups is 1. The van der Waals surface area contributed by atoms with Gasteiger partial charge in [0.1, 0.15) is 11.5 Å². The first-order chi connectivity index (χ1) is 11.4. The Balaban J connectivity index is 2.01. The summed E-state index contributed by atoms with van der Waals surface area (Å²) in [4.78, 5) is 22.1. The van der Waals surface area contributed by atoms with Crippen LogP contribution < -0.4 is 14.8 Å². The molecule has 8 heteroatoms. The first-order valence-electron chi connectivity index (χ1n) is 6.92. The Hall–Kier alpha value is -2.80. The van der Waals surface area contributed by atoms with Crippen molar-refractivity contribution in [2.45, 2.75) is 6.92 Å². The van der Waals surface area contributed by atoms with E-state index in [0.717, 1.165) is 5.56 Å². The summed E-state index contributed by atoms with van der Waals surface area (Å²) >= 11 is 5.90. The first kappa shape index (κ1) is 17.6. The molecule has 0 bridgehead atoms. The van der Waals surface area contributed by atoms with Crippen LogP contribution in [0, 0.1) is 17.0 Å². The number of nitro benzene ring substituents is 1. The van der Waals surface area contributed by atoms with Crippen molar-refractivity contribution in [1.82, 2.24) is 0 Å². The second-order valence-corrected chi connectivity index (χ2v) is 5.32. The van der Waals surface area contributed by atoms with Crippen LogP contribution in [-0.2, 0) is 4.79 Å². The molecule has 0 heterocycles. The number of nitrogens with one attached hydrogen (secondary N) is 1. The van der Waals surface area contributed by atoms with Gasteiger partial charge in [-0.1, -0.05) is 17.7 Å². The van der Waals surface area contributed by atoms with Crippen LogP contribution >= 0.6 is 11.6 Å². The first-order valence-corrected chi connectivity index (χ1v) is 7.29. The Bertz CT molecular complexity index is 779. The molecule has 24 heavy (non-hydrogen) atoms. The van der Waals surface area contributed by atoms with Crippen LogP contribution in [-0.4, -0.2) is 24.5 Å².